The Balaban J connectivity index is 2.11. The van der Waals surface area contributed by atoms with E-state index in [-0.39, 0.29) is 5.76 Å². The van der Waals surface area contributed by atoms with Gasteiger partial charge in [-0.15, -0.1) is 0 Å². The molecule has 1 amide bonds. The van der Waals surface area contributed by atoms with Crippen molar-refractivity contribution in [3.05, 3.63) is 64.0 Å². The molecule has 3 rings (SSSR count). The van der Waals surface area contributed by atoms with Crippen LogP contribution in [0.5, 0.6) is 0 Å². The molecule has 0 aliphatic carbocycles. The average Bonchev–Trinajstić information content (AvgIpc) is 3.25. The number of amides is 1. The van der Waals surface area contributed by atoms with E-state index in [0.717, 1.165) is 17.5 Å². The first kappa shape index (κ1) is 18.2. The summed E-state index contributed by atoms with van der Waals surface area (Å²) in [5.74, 6) is -2.03. The molecule has 2 N–H and O–H groups in total. The predicted molar refractivity (Wildman–Crippen MR) is 101 cm³/mol. The number of carbonyl (C=O) groups excluding carboxylic acids is 1. The van der Waals surface area contributed by atoms with Gasteiger partial charge in [0.25, 0.3) is 5.91 Å². The standard InChI is InChI=1S/C20H21NO4S/c1-2-3-9-15(20(24)25)21-17(14-10-11-26-12-14)16(18(22)19(21)23)13-7-5-4-6-8-13/h4-8,10-12,15,17,22H,2-3,9H2,1H3,(H,24,25). The molecule has 2 heterocycles. The van der Waals surface area contributed by atoms with Crippen LogP contribution in [0.2, 0.25) is 0 Å². The van der Waals surface area contributed by atoms with Gasteiger partial charge in [-0.1, -0.05) is 50.1 Å². The van der Waals surface area contributed by atoms with Crippen LogP contribution in [-0.2, 0) is 9.59 Å². The molecule has 1 aliphatic rings. The fraction of sp³-hybridized carbons (Fsp3) is 0.300. The van der Waals surface area contributed by atoms with Crippen molar-refractivity contribution >= 4 is 28.8 Å². The third kappa shape index (κ3) is 3.24. The van der Waals surface area contributed by atoms with Gasteiger partial charge in [-0.3, -0.25) is 4.79 Å². The molecule has 1 aliphatic heterocycles. The molecule has 1 aromatic heterocycles. The van der Waals surface area contributed by atoms with Crippen LogP contribution in [0.4, 0.5) is 0 Å². The summed E-state index contributed by atoms with van der Waals surface area (Å²) in [5, 5.41) is 24.1. The van der Waals surface area contributed by atoms with Gasteiger partial charge in [0.1, 0.15) is 6.04 Å². The van der Waals surface area contributed by atoms with E-state index in [9.17, 15) is 19.8 Å². The van der Waals surface area contributed by atoms with Gasteiger partial charge in [0.2, 0.25) is 0 Å². The molecular formula is C20H21NO4S. The van der Waals surface area contributed by atoms with E-state index in [1.165, 1.54) is 16.2 Å². The molecule has 6 heteroatoms. The number of carboxylic acid groups (broad SMARTS) is 1. The largest absolute Gasteiger partial charge is 0.503 e. The summed E-state index contributed by atoms with van der Waals surface area (Å²) >= 11 is 1.48. The minimum absolute atomic E-state index is 0.355. The van der Waals surface area contributed by atoms with Gasteiger partial charge in [0.05, 0.1) is 6.04 Å². The highest BCUT2D eigenvalue weighted by molar-refractivity contribution is 7.08. The Morgan fingerprint density at radius 3 is 2.58 bits per heavy atom. The van der Waals surface area contributed by atoms with Crippen molar-refractivity contribution in [2.75, 3.05) is 0 Å². The number of hydrogen-bond donors (Lipinski definition) is 2. The first-order chi connectivity index (χ1) is 12.6. The van der Waals surface area contributed by atoms with E-state index in [4.69, 9.17) is 0 Å². The zero-order valence-electron chi connectivity index (χ0n) is 14.5. The molecule has 136 valence electrons. The lowest BCUT2D eigenvalue weighted by molar-refractivity contribution is -0.150. The van der Waals surface area contributed by atoms with E-state index in [1.54, 1.807) is 0 Å². The van der Waals surface area contributed by atoms with Crippen molar-refractivity contribution in [2.45, 2.75) is 38.3 Å². The van der Waals surface area contributed by atoms with Gasteiger partial charge in [-0.2, -0.15) is 11.3 Å². The molecule has 0 fully saturated rings. The van der Waals surface area contributed by atoms with Gasteiger partial charge >= 0.3 is 5.97 Å². The van der Waals surface area contributed by atoms with Gasteiger partial charge in [-0.05, 0) is 34.4 Å². The molecular weight excluding hydrogens is 350 g/mol. The summed E-state index contributed by atoms with van der Waals surface area (Å²) in [6, 6.07) is 9.46. The quantitative estimate of drug-likeness (QED) is 0.763. The second-order valence-corrected chi connectivity index (χ2v) is 7.08. The van der Waals surface area contributed by atoms with Crippen LogP contribution in [-0.4, -0.2) is 33.0 Å². The highest BCUT2D eigenvalue weighted by atomic mass is 32.1. The Hall–Kier alpha value is -2.60. The monoisotopic (exact) mass is 371 g/mol. The first-order valence-corrected chi connectivity index (χ1v) is 9.56. The maximum absolute atomic E-state index is 12.9. The number of aliphatic hydroxyl groups is 1. The number of carbonyl (C=O) groups is 2. The number of aliphatic carboxylic acids is 1. The van der Waals surface area contributed by atoms with Crippen molar-refractivity contribution in [1.29, 1.82) is 0 Å². The smallest absolute Gasteiger partial charge is 0.326 e. The number of aliphatic hydroxyl groups excluding tert-OH is 1. The second-order valence-electron chi connectivity index (χ2n) is 6.30. The van der Waals surface area contributed by atoms with Crippen molar-refractivity contribution in [3.8, 4) is 0 Å². The van der Waals surface area contributed by atoms with Crippen LogP contribution in [0.25, 0.3) is 5.57 Å². The van der Waals surface area contributed by atoms with Crippen LogP contribution in [0.3, 0.4) is 0 Å². The third-order valence-corrected chi connectivity index (χ3v) is 5.34. The fourth-order valence-electron chi connectivity index (χ4n) is 3.39. The number of hydrogen-bond acceptors (Lipinski definition) is 4. The first-order valence-electron chi connectivity index (χ1n) is 8.62. The van der Waals surface area contributed by atoms with Gasteiger partial charge < -0.3 is 15.1 Å². The summed E-state index contributed by atoms with van der Waals surface area (Å²) in [7, 11) is 0. The highest BCUT2D eigenvalue weighted by Crippen LogP contribution is 2.45. The van der Waals surface area contributed by atoms with Gasteiger partial charge in [0, 0.05) is 5.57 Å². The number of thiophene rings is 1. The number of carboxylic acids is 1. The summed E-state index contributed by atoms with van der Waals surface area (Å²) in [5.41, 5.74) is 2.00. The van der Waals surface area contributed by atoms with Crippen LogP contribution in [0, 0.1) is 0 Å². The molecule has 0 saturated carbocycles. The minimum Gasteiger partial charge on any atom is -0.503 e. The molecule has 0 saturated heterocycles. The lowest BCUT2D eigenvalue weighted by Crippen LogP contribution is -2.44. The predicted octanol–water partition coefficient (Wildman–Crippen LogP) is 4.24. The lowest BCUT2D eigenvalue weighted by Gasteiger charge is -2.31. The molecule has 2 unspecified atom stereocenters. The zero-order chi connectivity index (χ0) is 18.7. The summed E-state index contributed by atoms with van der Waals surface area (Å²) in [4.78, 5) is 26.1. The van der Waals surface area contributed by atoms with Crippen molar-refractivity contribution in [2.24, 2.45) is 0 Å². The van der Waals surface area contributed by atoms with Gasteiger partial charge in [0.15, 0.2) is 5.76 Å². The van der Waals surface area contributed by atoms with E-state index in [2.05, 4.69) is 0 Å². The maximum atomic E-state index is 12.9. The molecule has 0 radical (unpaired) electrons. The zero-order valence-corrected chi connectivity index (χ0v) is 15.3. The van der Waals surface area contributed by atoms with Crippen molar-refractivity contribution < 1.29 is 19.8 Å². The van der Waals surface area contributed by atoms with Gasteiger partial charge in [-0.25, -0.2) is 4.79 Å². The van der Waals surface area contributed by atoms with E-state index < -0.39 is 24.0 Å². The third-order valence-electron chi connectivity index (χ3n) is 4.64. The highest BCUT2D eigenvalue weighted by Gasteiger charge is 2.46. The average molecular weight is 371 g/mol. The number of benzene rings is 1. The molecule has 0 bridgehead atoms. The number of nitrogens with zero attached hydrogens (tertiary/aromatic N) is 1. The normalized spacial score (nSPS) is 18.4. The summed E-state index contributed by atoms with van der Waals surface area (Å²) in [6.07, 6.45) is 1.88. The van der Waals surface area contributed by atoms with Crippen LogP contribution < -0.4 is 0 Å². The maximum Gasteiger partial charge on any atom is 0.326 e. The van der Waals surface area contributed by atoms with Crippen molar-refractivity contribution in [3.63, 3.8) is 0 Å². The summed E-state index contributed by atoms with van der Waals surface area (Å²) in [6.45, 7) is 1.98. The Bertz CT molecular complexity index is 814. The Morgan fingerprint density at radius 1 is 1.27 bits per heavy atom. The molecule has 2 aromatic rings. The molecule has 0 spiro atoms. The molecule has 1 aromatic carbocycles. The van der Waals surface area contributed by atoms with E-state index >= 15 is 0 Å². The SMILES string of the molecule is CCCCC(C(=O)O)N1C(=O)C(O)=C(c2ccccc2)C1c1ccsc1. The topological polar surface area (TPSA) is 77.8 Å². The van der Waals surface area contributed by atoms with Crippen molar-refractivity contribution in [1.82, 2.24) is 4.90 Å². The summed E-state index contributed by atoms with van der Waals surface area (Å²) < 4.78 is 0. The van der Waals surface area contributed by atoms with Crippen LogP contribution in [0.1, 0.15) is 43.4 Å². The second kappa shape index (κ2) is 7.74. The van der Waals surface area contributed by atoms with E-state index in [1.807, 2.05) is 54.1 Å². The molecule has 2 atom stereocenters. The fourth-order valence-corrected chi connectivity index (χ4v) is 4.07. The minimum atomic E-state index is -1.05. The number of rotatable bonds is 7. The lowest BCUT2D eigenvalue weighted by atomic mass is 9.94. The van der Waals surface area contributed by atoms with Crippen LogP contribution in [0.15, 0.2) is 52.9 Å². The van der Waals surface area contributed by atoms with E-state index in [0.29, 0.717) is 18.4 Å². The van der Waals surface area contributed by atoms with Crippen LogP contribution >= 0.6 is 11.3 Å². The molecule has 26 heavy (non-hydrogen) atoms. The molecule has 5 nitrogen and oxygen atoms in total. The Kier molecular flexibility index (Phi) is 5.42. The number of unbranched alkanes of at least 4 members (excludes halogenated alkanes) is 1. The Labute approximate surface area is 156 Å². The Morgan fingerprint density at radius 2 is 2.00 bits per heavy atom.